The van der Waals surface area contributed by atoms with Gasteiger partial charge in [-0.05, 0) is 49.6 Å². The number of hydrogen-bond acceptors (Lipinski definition) is 4. The summed E-state index contributed by atoms with van der Waals surface area (Å²) >= 11 is 6.30. The van der Waals surface area contributed by atoms with Crippen LogP contribution in [0.3, 0.4) is 0 Å². The number of nitrogens with one attached hydrogen (secondary N) is 1. The van der Waals surface area contributed by atoms with Gasteiger partial charge in [0, 0.05) is 5.92 Å². The first-order chi connectivity index (χ1) is 13.5. The van der Waals surface area contributed by atoms with Gasteiger partial charge in [-0.1, -0.05) is 23.7 Å². The molecule has 1 amide bonds. The van der Waals surface area contributed by atoms with E-state index < -0.39 is 0 Å². The second-order valence-corrected chi connectivity index (χ2v) is 7.42. The number of carbonyl (C=O) groups is 1. The van der Waals surface area contributed by atoms with Crippen LogP contribution in [0.5, 0.6) is 5.75 Å². The fraction of sp³-hybridized carbons (Fsp3) is 0.286. The van der Waals surface area contributed by atoms with Crippen LogP contribution < -0.4 is 15.6 Å². The van der Waals surface area contributed by atoms with Crippen molar-refractivity contribution in [2.45, 2.75) is 26.3 Å². The standard InChI is InChI=1S/C21H20ClN3O3/c1-12-23-18-10-17(22)19(24-20(26)14-5-6-14)9-16(18)21(27)25(12)11-13-3-7-15(28-2)8-4-13/h3-4,7-10,14H,5-6,11H2,1-2H3,(H,24,26). The van der Waals surface area contributed by atoms with Crippen molar-refractivity contribution in [2.75, 3.05) is 12.4 Å². The molecule has 1 aliphatic rings. The summed E-state index contributed by atoms with van der Waals surface area (Å²) in [4.78, 5) is 29.7. The molecule has 0 radical (unpaired) electrons. The fourth-order valence-corrected chi connectivity index (χ4v) is 3.33. The number of ether oxygens (including phenoxy) is 1. The van der Waals surface area contributed by atoms with Gasteiger partial charge in [0.25, 0.3) is 5.56 Å². The number of carbonyl (C=O) groups excluding carboxylic acids is 1. The third kappa shape index (κ3) is 3.60. The van der Waals surface area contributed by atoms with Gasteiger partial charge in [0.15, 0.2) is 0 Å². The van der Waals surface area contributed by atoms with Crippen LogP contribution in [0, 0.1) is 12.8 Å². The van der Waals surface area contributed by atoms with E-state index in [1.165, 1.54) is 0 Å². The van der Waals surface area contributed by atoms with E-state index in [0.29, 0.717) is 34.0 Å². The monoisotopic (exact) mass is 397 g/mol. The molecule has 1 aromatic heterocycles. The molecule has 3 aromatic rings. The van der Waals surface area contributed by atoms with Crippen LogP contribution in [0.25, 0.3) is 10.9 Å². The lowest BCUT2D eigenvalue weighted by Gasteiger charge is -2.13. The van der Waals surface area contributed by atoms with Gasteiger partial charge in [-0.3, -0.25) is 14.2 Å². The second-order valence-electron chi connectivity index (χ2n) is 7.01. The van der Waals surface area contributed by atoms with E-state index in [4.69, 9.17) is 16.3 Å². The molecule has 2 aromatic carbocycles. The van der Waals surface area contributed by atoms with Crippen molar-refractivity contribution in [3.63, 3.8) is 0 Å². The lowest BCUT2D eigenvalue weighted by atomic mass is 10.2. The quantitative estimate of drug-likeness (QED) is 0.711. The Balaban J connectivity index is 1.73. The molecule has 0 saturated heterocycles. The zero-order valence-corrected chi connectivity index (χ0v) is 16.4. The molecule has 7 heteroatoms. The van der Waals surface area contributed by atoms with Gasteiger partial charge in [-0.15, -0.1) is 0 Å². The van der Waals surface area contributed by atoms with Crippen LogP contribution in [0.2, 0.25) is 5.02 Å². The number of anilines is 1. The average Bonchev–Trinajstić information content (AvgIpc) is 3.52. The molecule has 0 aliphatic heterocycles. The maximum atomic E-state index is 13.1. The summed E-state index contributed by atoms with van der Waals surface area (Å²) in [6.45, 7) is 2.19. The smallest absolute Gasteiger partial charge is 0.261 e. The van der Waals surface area contributed by atoms with Crippen LogP contribution >= 0.6 is 11.6 Å². The summed E-state index contributed by atoms with van der Waals surface area (Å²) in [5, 5.41) is 3.63. The van der Waals surface area contributed by atoms with Gasteiger partial charge in [0.2, 0.25) is 5.91 Å². The minimum Gasteiger partial charge on any atom is -0.497 e. The first-order valence-electron chi connectivity index (χ1n) is 9.11. The summed E-state index contributed by atoms with van der Waals surface area (Å²) in [6, 6.07) is 10.8. The zero-order chi connectivity index (χ0) is 19.8. The molecular formula is C21H20ClN3O3. The normalized spacial score (nSPS) is 13.5. The minimum atomic E-state index is -0.170. The van der Waals surface area contributed by atoms with Crippen LogP contribution in [0.4, 0.5) is 5.69 Å². The van der Waals surface area contributed by atoms with Gasteiger partial charge < -0.3 is 10.1 Å². The average molecular weight is 398 g/mol. The number of fused-ring (bicyclic) bond motifs is 1. The van der Waals surface area contributed by atoms with Crippen LogP contribution in [0.15, 0.2) is 41.2 Å². The highest BCUT2D eigenvalue weighted by atomic mass is 35.5. The fourth-order valence-electron chi connectivity index (χ4n) is 3.13. The number of nitrogens with zero attached hydrogens (tertiary/aromatic N) is 2. The zero-order valence-electron chi connectivity index (χ0n) is 15.7. The summed E-state index contributed by atoms with van der Waals surface area (Å²) < 4.78 is 6.79. The molecule has 28 heavy (non-hydrogen) atoms. The number of halogens is 1. The number of amides is 1. The predicted molar refractivity (Wildman–Crippen MR) is 109 cm³/mol. The first kappa shape index (κ1) is 18.5. The molecule has 6 nitrogen and oxygen atoms in total. The van der Waals surface area contributed by atoms with Crippen LogP contribution in [-0.4, -0.2) is 22.6 Å². The predicted octanol–water partition coefficient (Wildman–Crippen LogP) is 3.76. The molecule has 1 fully saturated rings. The third-order valence-electron chi connectivity index (χ3n) is 4.94. The highest BCUT2D eigenvalue weighted by Crippen LogP contribution is 2.32. The Labute approximate surface area is 167 Å². The molecule has 1 saturated carbocycles. The number of benzene rings is 2. The van der Waals surface area contributed by atoms with E-state index in [2.05, 4.69) is 10.3 Å². The highest BCUT2D eigenvalue weighted by molar-refractivity contribution is 6.34. The Morgan fingerprint density at radius 2 is 2.00 bits per heavy atom. The SMILES string of the molecule is COc1ccc(Cn2c(C)nc3cc(Cl)c(NC(=O)C4CC4)cc3c2=O)cc1. The molecule has 0 atom stereocenters. The van der Waals surface area contributed by atoms with Crippen molar-refractivity contribution in [1.82, 2.24) is 9.55 Å². The third-order valence-corrected chi connectivity index (χ3v) is 5.25. The summed E-state index contributed by atoms with van der Waals surface area (Å²) in [5.74, 6) is 1.35. The molecule has 1 aliphatic carbocycles. The molecule has 4 rings (SSSR count). The highest BCUT2D eigenvalue weighted by Gasteiger charge is 2.30. The molecular weight excluding hydrogens is 378 g/mol. The van der Waals surface area contributed by atoms with E-state index in [1.54, 1.807) is 30.7 Å². The molecule has 0 unspecified atom stereocenters. The van der Waals surface area contributed by atoms with Crippen LogP contribution in [0.1, 0.15) is 24.2 Å². The number of rotatable bonds is 5. The number of aryl methyl sites for hydroxylation is 1. The lowest BCUT2D eigenvalue weighted by molar-refractivity contribution is -0.117. The Bertz CT molecular complexity index is 1120. The lowest BCUT2D eigenvalue weighted by Crippen LogP contribution is -2.24. The Kier molecular flexibility index (Phi) is 4.81. The Morgan fingerprint density at radius 3 is 2.64 bits per heavy atom. The number of aromatic nitrogens is 2. The van der Waals surface area contributed by atoms with Crippen molar-refractivity contribution in [2.24, 2.45) is 5.92 Å². The maximum absolute atomic E-state index is 13.1. The van der Waals surface area contributed by atoms with Gasteiger partial charge in [0.05, 0.1) is 35.3 Å². The van der Waals surface area contributed by atoms with Gasteiger partial charge in [-0.25, -0.2) is 4.98 Å². The Morgan fingerprint density at radius 1 is 1.29 bits per heavy atom. The summed E-state index contributed by atoms with van der Waals surface area (Å²) in [7, 11) is 1.61. The largest absolute Gasteiger partial charge is 0.497 e. The van der Waals surface area contributed by atoms with E-state index in [1.807, 2.05) is 24.3 Å². The van der Waals surface area contributed by atoms with E-state index in [9.17, 15) is 9.59 Å². The minimum absolute atomic E-state index is 0.0506. The van der Waals surface area contributed by atoms with Crippen molar-refractivity contribution in [1.29, 1.82) is 0 Å². The molecule has 1 N–H and O–H groups in total. The van der Waals surface area contributed by atoms with Crippen molar-refractivity contribution >= 4 is 34.1 Å². The first-order valence-corrected chi connectivity index (χ1v) is 9.48. The van der Waals surface area contributed by atoms with Gasteiger partial charge in [0.1, 0.15) is 11.6 Å². The summed E-state index contributed by atoms with van der Waals surface area (Å²) in [5.41, 5.74) is 1.76. The maximum Gasteiger partial charge on any atom is 0.261 e. The van der Waals surface area contributed by atoms with Crippen LogP contribution in [-0.2, 0) is 11.3 Å². The molecule has 0 bridgehead atoms. The molecule has 1 heterocycles. The Hall–Kier alpha value is -2.86. The second kappa shape index (κ2) is 7.28. The van der Waals surface area contributed by atoms with Gasteiger partial charge >= 0.3 is 0 Å². The topological polar surface area (TPSA) is 73.2 Å². The van der Waals surface area contributed by atoms with Crippen molar-refractivity contribution < 1.29 is 9.53 Å². The van der Waals surface area contributed by atoms with E-state index >= 15 is 0 Å². The molecule has 144 valence electrons. The van der Waals surface area contributed by atoms with Crippen molar-refractivity contribution in [3.8, 4) is 5.75 Å². The number of hydrogen-bond donors (Lipinski definition) is 1. The number of methoxy groups -OCH3 is 1. The van der Waals surface area contributed by atoms with E-state index in [0.717, 1.165) is 24.2 Å². The molecule has 0 spiro atoms. The van der Waals surface area contributed by atoms with Gasteiger partial charge in [-0.2, -0.15) is 0 Å². The summed E-state index contributed by atoms with van der Waals surface area (Å²) in [6.07, 6.45) is 1.79. The van der Waals surface area contributed by atoms with E-state index in [-0.39, 0.29) is 17.4 Å². The van der Waals surface area contributed by atoms with Crippen molar-refractivity contribution in [3.05, 3.63) is 63.2 Å².